The molecule has 0 aliphatic carbocycles. The fourth-order valence-electron chi connectivity index (χ4n) is 3.06. The van der Waals surface area contributed by atoms with Gasteiger partial charge in [-0.15, -0.1) is 0 Å². The second-order valence-electron chi connectivity index (χ2n) is 6.32. The Morgan fingerprint density at radius 1 is 1.12 bits per heavy atom. The topological polar surface area (TPSA) is 48.5 Å². The van der Waals surface area contributed by atoms with Crippen molar-refractivity contribution >= 4 is 23.1 Å². The number of benzene rings is 1. The van der Waals surface area contributed by atoms with Crippen molar-refractivity contribution in [1.29, 1.82) is 0 Å². The molecular formula is C19H24N4O. The van der Waals surface area contributed by atoms with Gasteiger partial charge in [-0.05, 0) is 49.6 Å². The van der Waals surface area contributed by atoms with Crippen LogP contribution in [0.5, 0.6) is 0 Å². The van der Waals surface area contributed by atoms with Crippen molar-refractivity contribution in [3.63, 3.8) is 0 Å². The normalized spacial score (nSPS) is 14.3. The van der Waals surface area contributed by atoms with Gasteiger partial charge in [-0.2, -0.15) is 0 Å². The van der Waals surface area contributed by atoms with E-state index in [0.717, 1.165) is 18.8 Å². The summed E-state index contributed by atoms with van der Waals surface area (Å²) >= 11 is 0. The molecule has 1 aromatic heterocycles. The number of carbonyl (C=O) groups excluding carboxylic acids is 1. The minimum atomic E-state index is -0.136. The Morgan fingerprint density at radius 2 is 1.92 bits per heavy atom. The van der Waals surface area contributed by atoms with E-state index >= 15 is 0 Å². The highest BCUT2D eigenvalue weighted by molar-refractivity contribution is 6.07. The molecule has 24 heavy (non-hydrogen) atoms. The molecule has 5 heteroatoms. The highest BCUT2D eigenvalue weighted by Gasteiger charge is 2.15. The van der Waals surface area contributed by atoms with Gasteiger partial charge in [0.15, 0.2) is 0 Å². The molecule has 1 aliphatic heterocycles. The molecule has 0 atom stereocenters. The van der Waals surface area contributed by atoms with Gasteiger partial charge in [0.05, 0.1) is 5.56 Å². The van der Waals surface area contributed by atoms with Crippen LogP contribution in [-0.2, 0) is 0 Å². The fourth-order valence-corrected chi connectivity index (χ4v) is 3.06. The Hall–Kier alpha value is -2.56. The number of hydrogen-bond donors (Lipinski definition) is 1. The van der Waals surface area contributed by atoms with Crippen LogP contribution in [0.1, 0.15) is 29.6 Å². The second kappa shape index (κ2) is 7.34. The van der Waals surface area contributed by atoms with E-state index in [1.54, 1.807) is 18.3 Å². The first-order chi connectivity index (χ1) is 11.6. The molecule has 2 heterocycles. The number of piperidine rings is 1. The molecule has 0 spiro atoms. The average molecular weight is 324 g/mol. The minimum absolute atomic E-state index is 0.136. The van der Waals surface area contributed by atoms with Crippen LogP contribution in [0.2, 0.25) is 0 Å². The summed E-state index contributed by atoms with van der Waals surface area (Å²) in [5.74, 6) is 0.532. The van der Waals surface area contributed by atoms with E-state index in [1.807, 2.05) is 31.1 Å². The third kappa shape index (κ3) is 3.67. The standard InChI is InChI=1S/C19H24N4O/c1-22(2)18-17(10-7-11-20-18)19(24)21-15-8-6-9-16(14-15)23-12-4-3-5-13-23/h6-11,14H,3-5,12-13H2,1-2H3,(H,21,24). The Morgan fingerprint density at radius 3 is 2.67 bits per heavy atom. The van der Waals surface area contributed by atoms with E-state index in [2.05, 4.69) is 27.3 Å². The molecule has 1 fully saturated rings. The largest absolute Gasteiger partial charge is 0.371 e. The molecule has 0 radical (unpaired) electrons. The maximum absolute atomic E-state index is 12.6. The van der Waals surface area contributed by atoms with E-state index in [1.165, 1.54) is 24.9 Å². The highest BCUT2D eigenvalue weighted by Crippen LogP contribution is 2.24. The van der Waals surface area contributed by atoms with E-state index in [-0.39, 0.29) is 5.91 Å². The number of hydrogen-bond acceptors (Lipinski definition) is 4. The smallest absolute Gasteiger partial charge is 0.259 e. The molecule has 1 N–H and O–H groups in total. The van der Waals surface area contributed by atoms with Crippen LogP contribution in [0.25, 0.3) is 0 Å². The molecule has 1 aliphatic rings. The van der Waals surface area contributed by atoms with Crippen molar-refractivity contribution in [2.75, 3.05) is 42.3 Å². The molecule has 126 valence electrons. The van der Waals surface area contributed by atoms with Crippen LogP contribution in [-0.4, -0.2) is 38.1 Å². The number of anilines is 3. The first-order valence-corrected chi connectivity index (χ1v) is 8.44. The van der Waals surface area contributed by atoms with Crippen LogP contribution in [0, 0.1) is 0 Å². The Bertz CT molecular complexity index is 708. The molecule has 0 bridgehead atoms. The predicted octanol–water partition coefficient (Wildman–Crippen LogP) is 3.39. The lowest BCUT2D eigenvalue weighted by Crippen LogP contribution is -2.29. The van der Waals surface area contributed by atoms with Crippen LogP contribution >= 0.6 is 0 Å². The fraction of sp³-hybridized carbons (Fsp3) is 0.368. The number of carbonyl (C=O) groups is 1. The van der Waals surface area contributed by atoms with Crippen molar-refractivity contribution in [2.45, 2.75) is 19.3 Å². The number of amides is 1. The quantitative estimate of drug-likeness (QED) is 0.936. The van der Waals surface area contributed by atoms with E-state index in [9.17, 15) is 4.79 Å². The molecule has 1 aromatic carbocycles. The van der Waals surface area contributed by atoms with Gasteiger partial charge >= 0.3 is 0 Å². The average Bonchev–Trinajstić information content (AvgIpc) is 2.62. The molecule has 1 saturated heterocycles. The second-order valence-corrected chi connectivity index (χ2v) is 6.32. The molecule has 1 amide bonds. The Balaban J connectivity index is 1.77. The van der Waals surface area contributed by atoms with Gasteiger partial charge in [-0.1, -0.05) is 6.07 Å². The van der Waals surface area contributed by atoms with E-state index in [4.69, 9.17) is 0 Å². The minimum Gasteiger partial charge on any atom is -0.371 e. The number of pyridine rings is 1. The summed E-state index contributed by atoms with van der Waals surface area (Å²) in [6.07, 6.45) is 5.47. The van der Waals surface area contributed by atoms with Crippen LogP contribution in [0.15, 0.2) is 42.6 Å². The third-order valence-electron chi connectivity index (χ3n) is 4.28. The van der Waals surface area contributed by atoms with Gasteiger partial charge in [-0.25, -0.2) is 4.98 Å². The molecule has 5 nitrogen and oxygen atoms in total. The van der Waals surface area contributed by atoms with Crippen LogP contribution in [0.3, 0.4) is 0 Å². The maximum atomic E-state index is 12.6. The summed E-state index contributed by atoms with van der Waals surface area (Å²) in [5, 5.41) is 3.00. The summed E-state index contributed by atoms with van der Waals surface area (Å²) < 4.78 is 0. The maximum Gasteiger partial charge on any atom is 0.259 e. The summed E-state index contributed by atoms with van der Waals surface area (Å²) in [5.41, 5.74) is 2.56. The number of nitrogens with one attached hydrogen (secondary N) is 1. The first kappa shape index (κ1) is 16.3. The van der Waals surface area contributed by atoms with Crippen molar-refractivity contribution in [1.82, 2.24) is 4.98 Å². The Kier molecular flexibility index (Phi) is 4.99. The van der Waals surface area contributed by atoms with Crippen molar-refractivity contribution in [3.05, 3.63) is 48.2 Å². The molecule has 0 unspecified atom stereocenters. The lowest BCUT2D eigenvalue weighted by molar-refractivity contribution is 0.102. The van der Waals surface area contributed by atoms with Crippen molar-refractivity contribution in [2.24, 2.45) is 0 Å². The van der Waals surface area contributed by atoms with Crippen molar-refractivity contribution < 1.29 is 4.79 Å². The molecule has 2 aromatic rings. The Labute approximate surface area is 143 Å². The molecule has 0 saturated carbocycles. The summed E-state index contributed by atoms with van der Waals surface area (Å²) in [6.45, 7) is 2.18. The zero-order valence-corrected chi connectivity index (χ0v) is 14.3. The lowest BCUT2D eigenvalue weighted by atomic mass is 10.1. The number of aromatic nitrogens is 1. The van der Waals surface area contributed by atoms with Gasteiger partial charge in [0, 0.05) is 44.8 Å². The van der Waals surface area contributed by atoms with Gasteiger partial charge in [0.25, 0.3) is 5.91 Å². The van der Waals surface area contributed by atoms with Gasteiger partial charge in [-0.3, -0.25) is 4.79 Å². The van der Waals surface area contributed by atoms with Crippen LogP contribution < -0.4 is 15.1 Å². The van der Waals surface area contributed by atoms with E-state index < -0.39 is 0 Å². The van der Waals surface area contributed by atoms with Crippen LogP contribution in [0.4, 0.5) is 17.2 Å². The number of nitrogens with zero attached hydrogens (tertiary/aromatic N) is 3. The highest BCUT2D eigenvalue weighted by atomic mass is 16.1. The predicted molar refractivity (Wildman–Crippen MR) is 99.0 cm³/mol. The zero-order chi connectivity index (χ0) is 16.9. The monoisotopic (exact) mass is 324 g/mol. The van der Waals surface area contributed by atoms with E-state index in [0.29, 0.717) is 11.4 Å². The first-order valence-electron chi connectivity index (χ1n) is 8.44. The lowest BCUT2D eigenvalue weighted by Gasteiger charge is -2.29. The van der Waals surface area contributed by atoms with Gasteiger partial charge in [0.1, 0.15) is 5.82 Å². The van der Waals surface area contributed by atoms with Gasteiger partial charge < -0.3 is 15.1 Å². The summed E-state index contributed by atoms with van der Waals surface area (Å²) in [7, 11) is 3.77. The zero-order valence-electron chi connectivity index (χ0n) is 14.3. The van der Waals surface area contributed by atoms with Gasteiger partial charge in [0.2, 0.25) is 0 Å². The third-order valence-corrected chi connectivity index (χ3v) is 4.28. The molecular weight excluding hydrogens is 300 g/mol. The summed E-state index contributed by atoms with van der Waals surface area (Å²) in [4.78, 5) is 21.2. The summed E-state index contributed by atoms with van der Waals surface area (Å²) in [6, 6.07) is 11.7. The number of rotatable bonds is 4. The SMILES string of the molecule is CN(C)c1ncccc1C(=O)Nc1cccc(N2CCCCC2)c1. The molecule has 3 rings (SSSR count). The van der Waals surface area contributed by atoms with Crippen molar-refractivity contribution in [3.8, 4) is 0 Å².